The predicted molar refractivity (Wildman–Crippen MR) is 94.2 cm³/mol. The SMILES string of the molecule is NC(=S)CN(C(=O)c1ccc(I)c(Cl)c1)C1CCCC1. The molecule has 2 rings (SSSR count). The minimum Gasteiger partial charge on any atom is -0.392 e. The van der Waals surface area contributed by atoms with Gasteiger partial charge in [-0.1, -0.05) is 36.7 Å². The molecule has 108 valence electrons. The summed E-state index contributed by atoms with van der Waals surface area (Å²) in [6.07, 6.45) is 4.34. The zero-order valence-corrected chi connectivity index (χ0v) is 14.7. The van der Waals surface area contributed by atoms with Crippen LogP contribution in [0.25, 0.3) is 0 Å². The number of hydrogen-bond donors (Lipinski definition) is 1. The number of nitrogens with two attached hydrogens (primary N) is 1. The van der Waals surface area contributed by atoms with Crippen molar-refractivity contribution in [2.24, 2.45) is 5.73 Å². The molecule has 6 heteroatoms. The fourth-order valence-corrected chi connectivity index (χ4v) is 3.20. The average Bonchev–Trinajstić information content (AvgIpc) is 2.92. The molecular formula is C14H16ClIN2OS. The molecule has 0 aromatic heterocycles. The molecule has 1 aromatic carbocycles. The first-order valence-corrected chi connectivity index (χ1v) is 8.40. The molecule has 1 fully saturated rings. The summed E-state index contributed by atoms with van der Waals surface area (Å²) in [6.45, 7) is 0.336. The summed E-state index contributed by atoms with van der Waals surface area (Å²) in [4.78, 5) is 14.8. The molecular weight excluding hydrogens is 407 g/mol. The first-order chi connectivity index (χ1) is 9.49. The molecule has 1 amide bonds. The van der Waals surface area contributed by atoms with Gasteiger partial charge in [0.05, 0.1) is 16.6 Å². The van der Waals surface area contributed by atoms with Crippen LogP contribution in [0.2, 0.25) is 5.02 Å². The average molecular weight is 423 g/mol. The zero-order chi connectivity index (χ0) is 14.7. The van der Waals surface area contributed by atoms with Gasteiger partial charge in [0.15, 0.2) is 0 Å². The molecule has 1 aromatic rings. The van der Waals surface area contributed by atoms with Crippen molar-refractivity contribution in [3.8, 4) is 0 Å². The van der Waals surface area contributed by atoms with E-state index in [4.69, 9.17) is 29.6 Å². The molecule has 0 spiro atoms. The molecule has 1 aliphatic rings. The Morgan fingerprint density at radius 1 is 1.45 bits per heavy atom. The minimum atomic E-state index is -0.0389. The van der Waals surface area contributed by atoms with Crippen molar-refractivity contribution in [1.29, 1.82) is 0 Å². The van der Waals surface area contributed by atoms with Crippen LogP contribution >= 0.6 is 46.4 Å². The van der Waals surface area contributed by atoms with Gasteiger partial charge in [0, 0.05) is 15.2 Å². The van der Waals surface area contributed by atoms with E-state index >= 15 is 0 Å². The van der Waals surface area contributed by atoms with Crippen LogP contribution in [-0.2, 0) is 0 Å². The summed E-state index contributed by atoms with van der Waals surface area (Å²) in [7, 11) is 0. The highest BCUT2D eigenvalue weighted by Gasteiger charge is 2.28. The van der Waals surface area contributed by atoms with Crippen molar-refractivity contribution in [3.63, 3.8) is 0 Å². The fraction of sp³-hybridized carbons (Fsp3) is 0.429. The molecule has 0 saturated heterocycles. The number of carbonyl (C=O) groups is 1. The number of amides is 1. The van der Waals surface area contributed by atoms with Crippen molar-refractivity contribution < 1.29 is 4.79 Å². The molecule has 2 N–H and O–H groups in total. The van der Waals surface area contributed by atoms with E-state index in [-0.39, 0.29) is 11.9 Å². The Labute approximate surface area is 143 Å². The summed E-state index contributed by atoms with van der Waals surface area (Å²) < 4.78 is 0.933. The van der Waals surface area contributed by atoms with E-state index in [1.165, 1.54) is 0 Å². The molecule has 1 aliphatic carbocycles. The molecule has 1 saturated carbocycles. The van der Waals surface area contributed by atoms with E-state index in [1.54, 1.807) is 17.0 Å². The number of halogens is 2. The van der Waals surface area contributed by atoms with Gasteiger partial charge >= 0.3 is 0 Å². The highest BCUT2D eigenvalue weighted by Crippen LogP contribution is 2.26. The van der Waals surface area contributed by atoms with Gasteiger partial charge in [-0.05, 0) is 53.6 Å². The molecule has 0 aliphatic heterocycles. The van der Waals surface area contributed by atoms with Gasteiger partial charge in [0.2, 0.25) is 0 Å². The lowest BCUT2D eigenvalue weighted by Crippen LogP contribution is -2.43. The molecule has 0 bridgehead atoms. The molecule has 0 heterocycles. The van der Waals surface area contributed by atoms with Gasteiger partial charge in [-0.2, -0.15) is 0 Å². The van der Waals surface area contributed by atoms with Crippen molar-refractivity contribution in [1.82, 2.24) is 4.90 Å². The standard InChI is InChI=1S/C14H16ClIN2OS/c15-11-7-9(5-6-12(11)16)14(19)18(8-13(17)20)10-3-1-2-4-10/h5-7,10H,1-4,8H2,(H2,17,20). The number of rotatable bonds is 4. The Morgan fingerprint density at radius 3 is 2.65 bits per heavy atom. The van der Waals surface area contributed by atoms with E-state index in [0.29, 0.717) is 22.1 Å². The topological polar surface area (TPSA) is 46.3 Å². The monoisotopic (exact) mass is 422 g/mol. The number of nitrogens with zero attached hydrogens (tertiary/aromatic N) is 1. The number of hydrogen-bond acceptors (Lipinski definition) is 2. The van der Waals surface area contributed by atoms with E-state index in [1.807, 2.05) is 6.07 Å². The summed E-state index contributed by atoms with van der Waals surface area (Å²) in [5.41, 5.74) is 6.24. The lowest BCUT2D eigenvalue weighted by atomic mass is 10.1. The second-order valence-electron chi connectivity index (χ2n) is 4.97. The summed E-state index contributed by atoms with van der Waals surface area (Å²) in [5.74, 6) is -0.0389. The van der Waals surface area contributed by atoms with E-state index in [2.05, 4.69) is 22.6 Å². The van der Waals surface area contributed by atoms with E-state index < -0.39 is 0 Å². The maximum Gasteiger partial charge on any atom is 0.254 e. The van der Waals surface area contributed by atoms with Crippen LogP contribution in [0.5, 0.6) is 0 Å². The van der Waals surface area contributed by atoms with Crippen molar-refractivity contribution in [2.75, 3.05) is 6.54 Å². The third-order valence-electron chi connectivity index (χ3n) is 3.52. The summed E-state index contributed by atoms with van der Waals surface area (Å²) in [6, 6.07) is 5.61. The largest absolute Gasteiger partial charge is 0.392 e. The normalized spacial score (nSPS) is 15.3. The lowest BCUT2D eigenvalue weighted by molar-refractivity contribution is 0.0714. The maximum atomic E-state index is 12.7. The van der Waals surface area contributed by atoms with E-state index in [9.17, 15) is 4.79 Å². The smallest absolute Gasteiger partial charge is 0.254 e. The van der Waals surface area contributed by atoms with Crippen LogP contribution in [0.15, 0.2) is 18.2 Å². The Kier molecular flexibility index (Phi) is 5.63. The highest BCUT2D eigenvalue weighted by atomic mass is 127. The van der Waals surface area contributed by atoms with Gasteiger partial charge in [-0.3, -0.25) is 4.79 Å². The van der Waals surface area contributed by atoms with Crippen molar-refractivity contribution >= 4 is 57.3 Å². The van der Waals surface area contributed by atoms with Gasteiger partial charge < -0.3 is 10.6 Å². The summed E-state index contributed by atoms with van der Waals surface area (Å²) in [5, 5.41) is 0.596. The van der Waals surface area contributed by atoms with Crippen LogP contribution in [0.3, 0.4) is 0 Å². The number of benzene rings is 1. The van der Waals surface area contributed by atoms with Gasteiger partial charge in [0.25, 0.3) is 5.91 Å². The first-order valence-electron chi connectivity index (χ1n) is 6.53. The van der Waals surface area contributed by atoms with Crippen LogP contribution in [0.4, 0.5) is 0 Å². The lowest BCUT2D eigenvalue weighted by Gasteiger charge is -2.28. The fourth-order valence-electron chi connectivity index (χ4n) is 2.55. The van der Waals surface area contributed by atoms with E-state index in [0.717, 1.165) is 29.3 Å². The minimum absolute atomic E-state index is 0.0389. The Morgan fingerprint density at radius 2 is 2.10 bits per heavy atom. The Hall–Kier alpha value is -0.400. The van der Waals surface area contributed by atoms with Gasteiger partial charge in [0.1, 0.15) is 0 Å². The Balaban J connectivity index is 2.24. The quantitative estimate of drug-likeness (QED) is 0.595. The van der Waals surface area contributed by atoms with Crippen LogP contribution in [0.1, 0.15) is 36.0 Å². The third kappa shape index (κ3) is 3.83. The third-order valence-corrected chi connectivity index (χ3v) is 5.22. The number of thiocarbonyl (C=S) groups is 1. The molecule has 0 unspecified atom stereocenters. The van der Waals surface area contributed by atoms with Crippen molar-refractivity contribution in [3.05, 3.63) is 32.4 Å². The predicted octanol–water partition coefficient (Wildman–Crippen LogP) is 3.62. The van der Waals surface area contributed by atoms with Crippen molar-refractivity contribution in [2.45, 2.75) is 31.7 Å². The highest BCUT2D eigenvalue weighted by molar-refractivity contribution is 14.1. The molecule has 0 atom stereocenters. The summed E-state index contributed by atoms with van der Waals surface area (Å²) >= 11 is 13.2. The molecule has 0 radical (unpaired) electrons. The molecule has 3 nitrogen and oxygen atoms in total. The second kappa shape index (κ2) is 7.04. The number of carbonyl (C=O) groups excluding carboxylic acids is 1. The van der Waals surface area contributed by atoms with Crippen LogP contribution in [-0.4, -0.2) is 28.4 Å². The van der Waals surface area contributed by atoms with Gasteiger partial charge in [-0.25, -0.2) is 0 Å². The second-order valence-corrected chi connectivity index (χ2v) is 7.06. The first kappa shape index (κ1) is 16.0. The Bertz CT molecular complexity index is 532. The van der Waals surface area contributed by atoms with Crippen LogP contribution in [0, 0.1) is 3.57 Å². The molecule has 20 heavy (non-hydrogen) atoms. The zero-order valence-electron chi connectivity index (χ0n) is 10.9. The maximum absolute atomic E-state index is 12.7. The van der Waals surface area contributed by atoms with Gasteiger partial charge in [-0.15, -0.1) is 0 Å². The van der Waals surface area contributed by atoms with Crippen LogP contribution < -0.4 is 5.73 Å².